The Bertz CT molecular complexity index is 500. The number of hydrogen-bond donors (Lipinski definition) is 1. The molecule has 1 aromatic rings. The highest BCUT2D eigenvalue weighted by molar-refractivity contribution is 8.00. The van der Waals surface area contributed by atoms with E-state index in [0.29, 0.717) is 12.3 Å². The van der Waals surface area contributed by atoms with E-state index in [-0.39, 0.29) is 7.33 Å². The fraction of sp³-hybridized carbons (Fsp3) is 0.267. The van der Waals surface area contributed by atoms with E-state index in [9.17, 15) is 4.79 Å². The quantitative estimate of drug-likeness (QED) is 0.839. The molecule has 19 heavy (non-hydrogen) atoms. The molecule has 0 atom stereocenters. The van der Waals surface area contributed by atoms with E-state index >= 15 is 0 Å². The minimum atomic E-state index is 0. The summed E-state index contributed by atoms with van der Waals surface area (Å²) in [6.45, 7) is 2.37. The van der Waals surface area contributed by atoms with Crippen LogP contribution >= 0.6 is 11.8 Å². The molecular weight excluding hydrogens is 258 g/mol. The fourth-order valence-electron chi connectivity index (χ4n) is 1.66. The van der Waals surface area contributed by atoms with E-state index < -0.39 is 0 Å². The van der Waals surface area contributed by atoms with Gasteiger partial charge in [-0.3, -0.25) is 4.79 Å². The molecule has 3 nitrogen and oxygen atoms in total. The van der Waals surface area contributed by atoms with Crippen LogP contribution in [-0.4, -0.2) is 18.2 Å². The zero-order valence-electron chi connectivity index (χ0n) is 10.9. The maximum atomic E-state index is 11.7. The van der Waals surface area contributed by atoms with E-state index in [1.54, 1.807) is 0 Å². The van der Waals surface area contributed by atoms with Gasteiger partial charge in [-0.05, 0) is 37.6 Å². The normalized spacial score (nSPS) is 14.2. The number of ether oxygens (including phenoxy) is 1. The van der Waals surface area contributed by atoms with E-state index in [1.165, 1.54) is 11.8 Å². The number of rotatable bonds is 5. The van der Waals surface area contributed by atoms with Crippen molar-refractivity contribution in [2.24, 2.45) is 0 Å². The Kier molecular flexibility index (Phi) is 5.10. The first-order chi connectivity index (χ1) is 9.24. The van der Waals surface area contributed by atoms with Crippen LogP contribution in [0.1, 0.15) is 14.8 Å². The molecule has 102 valence electrons. The van der Waals surface area contributed by atoms with Crippen LogP contribution < -0.4 is 5.32 Å². The Labute approximate surface area is 119 Å². The minimum absolute atomic E-state index is 0. The van der Waals surface area contributed by atoms with Gasteiger partial charge in [0.25, 0.3) is 0 Å². The maximum absolute atomic E-state index is 11.7. The molecule has 0 aliphatic carbocycles. The molecule has 1 N–H and O–H groups in total. The van der Waals surface area contributed by atoms with Crippen LogP contribution in [0.15, 0.2) is 58.9 Å². The van der Waals surface area contributed by atoms with Gasteiger partial charge in [0.05, 0.1) is 18.1 Å². The van der Waals surface area contributed by atoms with Crippen molar-refractivity contribution in [3.05, 3.63) is 54.0 Å². The van der Waals surface area contributed by atoms with Gasteiger partial charge >= 0.3 is 0 Å². The molecule has 0 aromatic heterocycles. The first kappa shape index (κ1) is 13.7. The van der Waals surface area contributed by atoms with Gasteiger partial charge in [0.1, 0.15) is 5.76 Å². The molecule has 0 saturated heterocycles. The molecule has 1 amide bonds. The van der Waals surface area contributed by atoms with Crippen molar-refractivity contribution in [2.45, 2.75) is 18.2 Å². The zero-order chi connectivity index (χ0) is 13.5. The average Bonchev–Trinajstić information content (AvgIpc) is 2.44. The Hall–Kier alpha value is -1.68. The number of thioether (sulfide) groups is 1. The topological polar surface area (TPSA) is 38.3 Å². The van der Waals surface area contributed by atoms with Crippen LogP contribution in [0.25, 0.3) is 0 Å². The number of carbonyl (C=O) groups is 1. The first-order valence-corrected chi connectivity index (χ1v) is 7.21. The highest BCUT2D eigenvalue weighted by Crippen LogP contribution is 2.16. The molecule has 2 rings (SSSR count). The van der Waals surface area contributed by atoms with Gasteiger partial charge in [-0.1, -0.05) is 18.2 Å². The number of allylic oxidation sites excluding steroid dienone is 3. The number of carbonyl (C=O) groups excluding carboxylic acids is 1. The molecule has 1 aliphatic heterocycles. The van der Waals surface area contributed by atoms with Crippen molar-refractivity contribution in [3.8, 4) is 0 Å². The second kappa shape index (κ2) is 7.04. The molecule has 0 saturated carbocycles. The van der Waals surface area contributed by atoms with Crippen molar-refractivity contribution < 1.29 is 11.0 Å². The smallest absolute Gasteiger partial charge is 0.230 e. The summed E-state index contributed by atoms with van der Waals surface area (Å²) in [6.07, 6.45) is 4.87. The molecule has 0 fully saturated rings. The molecule has 1 aromatic carbocycles. The summed E-state index contributed by atoms with van der Waals surface area (Å²) in [7, 11) is 0. The number of hydrogen-bond acceptors (Lipinski definition) is 3. The third-order valence-corrected chi connectivity index (χ3v) is 3.63. The molecule has 0 spiro atoms. The van der Waals surface area contributed by atoms with Crippen LogP contribution in [0.5, 0.6) is 0 Å². The predicted molar refractivity (Wildman–Crippen MR) is 79.8 cm³/mol. The van der Waals surface area contributed by atoms with Gasteiger partial charge in [-0.25, -0.2) is 0 Å². The molecule has 1 heterocycles. The highest BCUT2D eigenvalue weighted by atomic mass is 32.2. The number of benzene rings is 1. The Morgan fingerprint density at radius 3 is 2.89 bits per heavy atom. The number of amides is 1. The van der Waals surface area contributed by atoms with Gasteiger partial charge in [-0.15, -0.1) is 11.8 Å². The summed E-state index contributed by atoms with van der Waals surface area (Å²) < 4.78 is 5.50. The van der Waals surface area contributed by atoms with Crippen molar-refractivity contribution >= 4 is 17.7 Å². The van der Waals surface area contributed by atoms with Crippen molar-refractivity contribution in [1.29, 1.82) is 0 Å². The lowest BCUT2D eigenvalue weighted by molar-refractivity contribution is -0.118. The average molecular weight is 277 g/mol. The van der Waals surface area contributed by atoms with Crippen LogP contribution in [0.3, 0.4) is 0 Å². The standard InChI is InChI=1S/C15H17NO2S.H2/c1-12-6-5-7-13(18-12)10-16-15(17)11-19-14-8-3-2-4-9-14;/h2-4,6-9H,5,10-11H2,1H3,(H,16,17);1H. The van der Waals surface area contributed by atoms with Crippen LogP contribution in [0, 0.1) is 0 Å². The number of nitrogens with one attached hydrogen (secondary N) is 1. The zero-order valence-corrected chi connectivity index (χ0v) is 11.7. The summed E-state index contributed by atoms with van der Waals surface area (Å²) in [6, 6.07) is 9.90. The van der Waals surface area contributed by atoms with Gasteiger partial charge in [0.2, 0.25) is 5.91 Å². The van der Waals surface area contributed by atoms with Gasteiger partial charge in [-0.2, -0.15) is 0 Å². The summed E-state index contributed by atoms with van der Waals surface area (Å²) in [5.41, 5.74) is 0. The molecule has 1 aliphatic rings. The van der Waals surface area contributed by atoms with Crippen LogP contribution in [-0.2, 0) is 9.53 Å². The van der Waals surface area contributed by atoms with Crippen molar-refractivity contribution in [1.82, 2.24) is 5.32 Å². The third-order valence-electron chi connectivity index (χ3n) is 2.62. The van der Waals surface area contributed by atoms with Crippen molar-refractivity contribution in [2.75, 3.05) is 12.3 Å². The van der Waals surface area contributed by atoms with E-state index in [1.807, 2.05) is 49.4 Å². The highest BCUT2D eigenvalue weighted by Gasteiger charge is 2.07. The molecular formula is C15H19NO2S. The third kappa shape index (κ3) is 4.83. The summed E-state index contributed by atoms with van der Waals surface area (Å²) >= 11 is 1.53. The second-order valence-electron chi connectivity index (χ2n) is 4.20. The largest absolute Gasteiger partial charge is 0.465 e. The van der Waals surface area contributed by atoms with Crippen LogP contribution in [0.2, 0.25) is 0 Å². The van der Waals surface area contributed by atoms with E-state index in [2.05, 4.69) is 5.32 Å². The SMILES string of the molecule is CC1=CCC=C(CNC(=O)CSc2ccccc2)O1.[HH]. The molecule has 0 radical (unpaired) electrons. The Morgan fingerprint density at radius 2 is 2.16 bits per heavy atom. The van der Waals surface area contributed by atoms with Gasteiger partial charge in [0.15, 0.2) is 0 Å². The van der Waals surface area contributed by atoms with E-state index in [4.69, 9.17) is 4.74 Å². The Balaban J connectivity index is 0.00000200. The van der Waals surface area contributed by atoms with Gasteiger partial charge in [0, 0.05) is 6.32 Å². The maximum Gasteiger partial charge on any atom is 0.230 e. The summed E-state index contributed by atoms with van der Waals surface area (Å²) in [4.78, 5) is 12.8. The molecule has 0 bridgehead atoms. The second-order valence-corrected chi connectivity index (χ2v) is 5.25. The lowest BCUT2D eigenvalue weighted by atomic mass is 10.2. The van der Waals surface area contributed by atoms with E-state index in [0.717, 1.165) is 22.8 Å². The summed E-state index contributed by atoms with van der Waals surface area (Å²) in [5.74, 6) is 2.15. The van der Waals surface area contributed by atoms with Gasteiger partial charge < -0.3 is 10.1 Å². The monoisotopic (exact) mass is 277 g/mol. The molecule has 4 heteroatoms. The minimum Gasteiger partial charge on any atom is -0.465 e. The first-order valence-electron chi connectivity index (χ1n) is 6.22. The fourth-order valence-corrected chi connectivity index (χ4v) is 2.41. The Morgan fingerprint density at radius 1 is 1.37 bits per heavy atom. The predicted octanol–water partition coefficient (Wildman–Crippen LogP) is 3.35. The van der Waals surface area contributed by atoms with Crippen molar-refractivity contribution in [3.63, 3.8) is 0 Å². The lowest BCUT2D eigenvalue weighted by Gasteiger charge is -2.14. The molecule has 0 unspecified atom stereocenters. The summed E-state index contributed by atoms with van der Waals surface area (Å²) in [5, 5.41) is 2.86. The van der Waals surface area contributed by atoms with Crippen LogP contribution in [0.4, 0.5) is 0 Å². The lowest BCUT2D eigenvalue weighted by Crippen LogP contribution is -2.28.